The van der Waals surface area contributed by atoms with Crippen molar-refractivity contribution < 1.29 is 22.7 Å². The Morgan fingerprint density at radius 2 is 1.75 bits per heavy atom. The third kappa shape index (κ3) is 5.90. The lowest BCUT2D eigenvalue weighted by Crippen LogP contribution is -2.46. The Bertz CT molecular complexity index is 876. The molecule has 3 rings (SSSR count). The molecule has 7 nitrogen and oxygen atoms in total. The van der Waals surface area contributed by atoms with E-state index < -0.39 is 16.0 Å². The van der Waals surface area contributed by atoms with Crippen molar-refractivity contribution in [3.8, 4) is 0 Å². The highest BCUT2D eigenvalue weighted by molar-refractivity contribution is 7.89. The molecule has 2 atom stereocenters. The van der Waals surface area contributed by atoms with Gasteiger partial charge in [-0.2, -0.15) is 4.31 Å². The number of hydrogen-bond donors (Lipinski definition) is 1. The van der Waals surface area contributed by atoms with Crippen LogP contribution in [0.5, 0.6) is 0 Å². The van der Waals surface area contributed by atoms with Crippen molar-refractivity contribution in [1.29, 1.82) is 0 Å². The summed E-state index contributed by atoms with van der Waals surface area (Å²) in [5, 5.41) is 3.27. The van der Waals surface area contributed by atoms with Crippen molar-refractivity contribution in [2.75, 3.05) is 19.7 Å². The van der Waals surface area contributed by atoms with E-state index in [0.717, 1.165) is 6.42 Å². The highest BCUT2D eigenvalue weighted by Crippen LogP contribution is 2.31. The van der Waals surface area contributed by atoms with Crippen LogP contribution in [0.1, 0.15) is 75.6 Å². The molecular weight excluding hydrogens is 428 g/mol. The molecule has 2 unspecified atom stereocenters. The number of carbonyl (C=O) groups is 2. The van der Waals surface area contributed by atoms with Gasteiger partial charge in [-0.3, -0.25) is 4.79 Å². The van der Waals surface area contributed by atoms with E-state index in [9.17, 15) is 18.0 Å². The molecule has 32 heavy (non-hydrogen) atoms. The molecule has 0 spiro atoms. The molecule has 2 aliphatic rings. The van der Waals surface area contributed by atoms with Crippen LogP contribution >= 0.6 is 0 Å². The number of hydrogen-bond acceptors (Lipinski definition) is 5. The van der Waals surface area contributed by atoms with Crippen LogP contribution in [0.15, 0.2) is 29.2 Å². The van der Waals surface area contributed by atoms with Crippen LogP contribution in [0.4, 0.5) is 0 Å². The van der Waals surface area contributed by atoms with Crippen LogP contribution in [0.2, 0.25) is 0 Å². The molecule has 0 aromatic heterocycles. The van der Waals surface area contributed by atoms with Gasteiger partial charge in [0, 0.05) is 25.0 Å². The molecule has 1 aromatic carbocycles. The lowest BCUT2D eigenvalue weighted by Gasteiger charge is -2.32. The highest BCUT2D eigenvalue weighted by Gasteiger charge is 2.34. The summed E-state index contributed by atoms with van der Waals surface area (Å²) in [6.45, 7) is 4.83. The first-order chi connectivity index (χ1) is 15.4. The molecule has 1 aliphatic heterocycles. The second kappa shape index (κ2) is 11.3. The number of rotatable bonds is 9. The minimum atomic E-state index is -3.66. The zero-order valence-corrected chi connectivity index (χ0v) is 20.0. The maximum atomic E-state index is 13.0. The van der Waals surface area contributed by atoms with Gasteiger partial charge in [0.05, 0.1) is 17.1 Å². The van der Waals surface area contributed by atoms with Crippen LogP contribution in [-0.4, -0.2) is 50.3 Å². The van der Waals surface area contributed by atoms with Crippen molar-refractivity contribution in [3.05, 3.63) is 29.8 Å². The minimum absolute atomic E-state index is 0.0780. The van der Waals surface area contributed by atoms with Crippen molar-refractivity contribution in [3.63, 3.8) is 0 Å². The normalized spacial score (nSPS) is 22.6. The smallest absolute Gasteiger partial charge is 0.338 e. The van der Waals surface area contributed by atoms with E-state index in [1.54, 1.807) is 6.92 Å². The van der Waals surface area contributed by atoms with Crippen LogP contribution < -0.4 is 5.32 Å². The van der Waals surface area contributed by atoms with E-state index in [-0.39, 0.29) is 29.4 Å². The number of esters is 1. The summed E-state index contributed by atoms with van der Waals surface area (Å²) >= 11 is 0. The average molecular weight is 465 g/mol. The van der Waals surface area contributed by atoms with Crippen LogP contribution in [0.25, 0.3) is 0 Å². The molecule has 1 saturated heterocycles. The maximum Gasteiger partial charge on any atom is 0.338 e. The summed E-state index contributed by atoms with van der Waals surface area (Å²) in [7, 11) is -3.66. The van der Waals surface area contributed by atoms with Crippen LogP contribution in [-0.2, 0) is 19.6 Å². The number of benzene rings is 1. The van der Waals surface area contributed by atoms with E-state index in [1.165, 1.54) is 60.7 Å². The van der Waals surface area contributed by atoms with Crippen LogP contribution in [0, 0.1) is 11.8 Å². The summed E-state index contributed by atoms with van der Waals surface area (Å²) in [5.74, 6) is 0.0497. The summed E-state index contributed by atoms with van der Waals surface area (Å²) in [6, 6.07) is 6.10. The van der Waals surface area contributed by atoms with Gasteiger partial charge in [0.25, 0.3) is 0 Å². The molecule has 0 radical (unpaired) electrons. The second-order valence-electron chi connectivity index (χ2n) is 8.87. The number of sulfonamides is 1. The molecule has 1 saturated carbocycles. The minimum Gasteiger partial charge on any atom is -0.462 e. The quantitative estimate of drug-likeness (QED) is 0.562. The number of ether oxygens (including phenoxy) is 1. The number of carbonyl (C=O) groups excluding carboxylic acids is 2. The SMILES string of the molecule is CCCCC1CCCC1NC(=O)C1CCN(S(=O)(=O)c2ccc(C(=O)OCC)cc2)CC1. The molecule has 2 fully saturated rings. The molecular formula is C24H36N2O5S. The molecule has 1 heterocycles. The van der Waals surface area contributed by atoms with Gasteiger partial charge in [-0.25, -0.2) is 13.2 Å². The predicted molar refractivity (Wildman–Crippen MR) is 123 cm³/mol. The monoisotopic (exact) mass is 464 g/mol. The highest BCUT2D eigenvalue weighted by atomic mass is 32.2. The summed E-state index contributed by atoms with van der Waals surface area (Å²) in [6.07, 6.45) is 8.02. The third-order valence-corrected chi connectivity index (χ3v) is 8.66. The third-order valence-electron chi connectivity index (χ3n) is 6.74. The van der Waals surface area contributed by atoms with E-state index in [4.69, 9.17) is 4.74 Å². The average Bonchev–Trinajstić information content (AvgIpc) is 3.24. The van der Waals surface area contributed by atoms with Crippen molar-refractivity contribution in [2.24, 2.45) is 11.8 Å². The lowest BCUT2D eigenvalue weighted by atomic mass is 9.94. The summed E-state index contributed by atoms with van der Waals surface area (Å²) in [4.78, 5) is 24.8. The van der Waals surface area contributed by atoms with E-state index in [0.29, 0.717) is 37.4 Å². The number of nitrogens with zero attached hydrogens (tertiary/aromatic N) is 1. The predicted octanol–water partition coefficient (Wildman–Crippen LogP) is 3.74. The standard InChI is InChI=1S/C24H36N2O5S/c1-3-5-7-18-8-6-9-22(18)25-23(27)19-14-16-26(17-15-19)32(29,30)21-12-10-20(11-13-21)24(28)31-4-2/h10-13,18-19,22H,3-9,14-17H2,1-2H3,(H,25,27). The largest absolute Gasteiger partial charge is 0.462 e. The molecule has 8 heteroatoms. The molecule has 1 aromatic rings. The van der Waals surface area contributed by atoms with Gasteiger partial charge in [-0.05, 0) is 69.2 Å². The van der Waals surface area contributed by atoms with Gasteiger partial charge in [0.2, 0.25) is 15.9 Å². The lowest BCUT2D eigenvalue weighted by molar-refractivity contribution is -0.127. The summed E-state index contributed by atoms with van der Waals surface area (Å²) < 4.78 is 32.4. The zero-order chi connectivity index (χ0) is 23.1. The first-order valence-corrected chi connectivity index (χ1v) is 13.4. The zero-order valence-electron chi connectivity index (χ0n) is 19.2. The summed E-state index contributed by atoms with van der Waals surface area (Å²) in [5.41, 5.74) is 0.324. The Morgan fingerprint density at radius 3 is 2.38 bits per heavy atom. The van der Waals surface area contributed by atoms with Gasteiger partial charge in [0.15, 0.2) is 0 Å². The van der Waals surface area contributed by atoms with Gasteiger partial charge in [-0.15, -0.1) is 0 Å². The fourth-order valence-corrected chi connectivity index (χ4v) is 6.29. The van der Waals surface area contributed by atoms with Crippen molar-refractivity contribution >= 4 is 21.9 Å². The van der Waals surface area contributed by atoms with Crippen LogP contribution in [0.3, 0.4) is 0 Å². The van der Waals surface area contributed by atoms with Gasteiger partial charge >= 0.3 is 5.97 Å². The van der Waals surface area contributed by atoms with E-state index >= 15 is 0 Å². The second-order valence-corrected chi connectivity index (χ2v) is 10.8. The van der Waals surface area contributed by atoms with Crippen molar-refractivity contribution in [2.45, 2.75) is 76.2 Å². The maximum absolute atomic E-state index is 13.0. The molecule has 1 aliphatic carbocycles. The van der Waals surface area contributed by atoms with E-state index in [2.05, 4.69) is 12.2 Å². The fourth-order valence-electron chi connectivity index (χ4n) is 4.82. The number of unbranched alkanes of at least 4 members (excludes halogenated alkanes) is 1. The fraction of sp³-hybridized carbons (Fsp3) is 0.667. The van der Waals surface area contributed by atoms with Crippen molar-refractivity contribution in [1.82, 2.24) is 9.62 Å². The molecule has 1 N–H and O–H groups in total. The molecule has 1 amide bonds. The van der Waals surface area contributed by atoms with Gasteiger partial charge in [0.1, 0.15) is 0 Å². The first kappa shape index (κ1) is 24.7. The van der Waals surface area contributed by atoms with E-state index in [1.807, 2.05) is 0 Å². The Kier molecular flexibility index (Phi) is 8.71. The van der Waals surface area contributed by atoms with Gasteiger partial charge in [-0.1, -0.05) is 26.2 Å². The Morgan fingerprint density at radius 1 is 1.06 bits per heavy atom. The Labute approximate surface area is 191 Å². The number of nitrogens with one attached hydrogen (secondary N) is 1. The topological polar surface area (TPSA) is 92.8 Å². The first-order valence-electron chi connectivity index (χ1n) is 11.9. The Balaban J connectivity index is 1.54. The molecule has 0 bridgehead atoms. The van der Waals surface area contributed by atoms with Gasteiger partial charge < -0.3 is 10.1 Å². The number of piperidine rings is 1. The Hall–Kier alpha value is -1.93. The molecule has 178 valence electrons. The number of amides is 1.